The minimum atomic E-state index is 0.869. The lowest BCUT2D eigenvalue weighted by molar-refractivity contribution is 0.728. The van der Waals surface area contributed by atoms with Gasteiger partial charge in [-0.2, -0.15) is 0 Å². The first kappa shape index (κ1) is 10.9. The lowest BCUT2D eigenvalue weighted by Gasteiger charge is -2.10. The molecule has 0 spiro atoms. The summed E-state index contributed by atoms with van der Waals surface area (Å²) < 4.78 is 0. The van der Waals surface area contributed by atoms with E-state index in [4.69, 9.17) is 0 Å². The van der Waals surface area contributed by atoms with E-state index in [9.17, 15) is 0 Å². The fourth-order valence-corrected chi connectivity index (χ4v) is 1.85. The normalized spacial score (nSPS) is 10.6. The molecule has 3 heteroatoms. The van der Waals surface area contributed by atoms with Crippen LogP contribution in [-0.4, -0.2) is 18.6 Å². The van der Waals surface area contributed by atoms with Gasteiger partial charge in [0, 0.05) is 25.2 Å². The number of fused-ring (bicyclic) bond motifs is 1. The van der Waals surface area contributed by atoms with Gasteiger partial charge in [0.1, 0.15) is 5.82 Å². The zero-order valence-corrected chi connectivity index (χ0v) is 9.75. The number of pyridine rings is 1. The van der Waals surface area contributed by atoms with Crippen molar-refractivity contribution >= 4 is 16.6 Å². The Hall–Kier alpha value is -1.61. The zero-order chi connectivity index (χ0) is 11.4. The van der Waals surface area contributed by atoms with Crippen molar-refractivity contribution in [2.24, 2.45) is 0 Å². The van der Waals surface area contributed by atoms with Crippen molar-refractivity contribution in [1.29, 1.82) is 0 Å². The van der Waals surface area contributed by atoms with Crippen molar-refractivity contribution in [2.75, 3.05) is 18.9 Å². The average Bonchev–Trinajstić information content (AvgIpc) is 2.36. The van der Waals surface area contributed by atoms with E-state index in [1.807, 2.05) is 19.3 Å². The van der Waals surface area contributed by atoms with Gasteiger partial charge in [-0.05, 0) is 17.5 Å². The van der Waals surface area contributed by atoms with Crippen LogP contribution in [0.15, 0.2) is 30.5 Å². The Bertz CT molecular complexity index is 480. The highest BCUT2D eigenvalue weighted by Crippen LogP contribution is 2.23. The van der Waals surface area contributed by atoms with Crippen LogP contribution in [0.3, 0.4) is 0 Å². The van der Waals surface area contributed by atoms with E-state index in [1.54, 1.807) is 0 Å². The molecule has 0 saturated heterocycles. The number of anilines is 1. The van der Waals surface area contributed by atoms with Crippen molar-refractivity contribution in [3.05, 3.63) is 36.0 Å². The standard InChI is InChI=1S/C13H17N3/c1-3-15-8-10-9-16-13(14-2)12-7-5-4-6-11(10)12/h4-7,9,15H,3,8H2,1-2H3,(H,14,16). The number of rotatable bonds is 4. The molecule has 3 nitrogen and oxygen atoms in total. The van der Waals surface area contributed by atoms with Gasteiger partial charge in [-0.25, -0.2) is 4.98 Å². The van der Waals surface area contributed by atoms with Gasteiger partial charge in [-0.1, -0.05) is 31.2 Å². The molecule has 1 aromatic carbocycles. The van der Waals surface area contributed by atoms with Crippen molar-refractivity contribution in [3.8, 4) is 0 Å². The maximum Gasteiger partial charge on any atom is 0.133 e. The lowest BCUT2D eigenvalue weighted by atomic mass is 10.1. The summed E-state index contributed by atoms with van der Waals surface area (Å²) in [5, 5.41) is 8.90. The zero-order valence-electron chi connectivity index (χ0n) is 9.75. The van der Waals surface area contributed by atoms with Gasteiger partial charge in [0.15, 0.2) is 0 Å². The molecule has 0 atom stereocenters. The van der Waals surface area contributed by atoms with Gasteiger partial charge >= 0.3 is 0 Å². The summed E-state index contributed by atoms with van der Waals surface area (Å²) in [5.74, 6) is 0.941. The maximum atomic E-state index is 4.43. The SMILES string of the molecule is CCNCc1cnc(NC)c2ccccc12. The molecule has 0 amide bonds. The quantitative estimate of drug-likeness (QED) is 0.822. The fraction of sp³-hybridized carbons (Fsp3) is 0.308. The van der Waals surface area contributed by atoms with Crippen LogP contribution < -0.4 is 10.6 Å². The van der Waals surface area contributed by atoms with Gasteiger partial charge in [-0.15, -0.1) is 0 Å². The third kappa shape index (κ3) is 1.99. The molecule has 1 aromatic heterocycles. The lowest BCUT2D eigenvalue weighted by Crippen LogP contribution is -2.12. The van der Waals surface area contributed by atoms with Crippen LogP contribution in [0.25, 0.3) is 10.8 Å². The molecule has 0 aliphatic heterocycles. The molecule has 0 unspecified atom stereocenters. The maximum absolute atomic E-state index is 4.43. The summed E-state index contributed by atoms with van der Waals surface area (Å²) in [7, 11) is 1.90. The molecule has 0 radical (unpaired) electrons. The summed E-state index contributed by atoms with van der Waals surface area (Å²) in [6.45, 7) is 3.95. The van der Waals surface area contributed by atoms with E-state index >= 15 is 0 Å². The summed E-state index contributed by atoms with van der Waals surface area (Å²) in [4.78, 5) is 4.43. The van der Waals surface area contributed by atoms with Crippen molar-refractivity contribution in [2.45, 2.75) is 13.5 Å². The Kier molecular flexibility index (Phi) is 3.37. The highest BCUT2D eigenvalue weighted by molar-refractivity contribution is 5.93. The molecule has 2 aromatic rings. The minimum Gasteiger partial charge on any atom is -0.373 e. The van der Waals surface area contributed by atoms with Crippen LogP contribution >= 0.6 is 0 Å². The highest BCUT2D eigenvalue weighted by Gasteiger charge is 2.04. The summed E-state index contributed by atoms with van der Waals surface area (Å²) in [6.07, 6.45) is 1.94. The van der Waals surface area contributed by atoms with E-state index in [1.165, 1.54) is 16.3 Å². The first-order valence-electron chi connectivity index (χ1n) is 5.62. The topological polar surface area (TPSA) is 37.0 Å². The van der Waals surface area contributed by atoms with E-state index < -0.39 is 0 Å². The van der Waals surface area contributed by atoms with Crippen LogP contribution in [0, 0.1) is 0 Å². The predicted molar refractivity (Wildman–Crippen MR) is 68.7 cm³/mol. The molecule has 0 aliphatic rings. The number of benzene rings is 1. The number of nitrogens with zero attached hydrogens (tertiary/aromatic N) is 1. The van der Waals surface area contributed by atoms with Crippen molar-refractivity contribution < 1.29 is 0 Å². The minimum absolute atomic E-state index is 0.869. The Balaban J connectivity index is 2.51. The largest absolute Gasteiger partial charge is 0.373 e. The van der Waals surface area contributed by atoms with Gasteiger partial charge < -0.3 is 10.6 Å². The molecule has 16 heavy (non-hydrogen) atoms. The van der Waals surface area contributed by atoms with E-state index in [0.29, 0.717) is 0 Å². The third-order valence-electron chi connectivity index (χ3n) is 2.68. The summed E-state index contributed by atoms with van der Waals surface area (Å²) in [5.41, 5.74) is 1.25. The average molecular weight is 215 g/mol. The molecular formula is C13H17N3. The van der Waals surface area contributed by atoms with Crippen LogP contribution in [-0.2, 0) is 6.54 Å². The van der Waals surface area contributed by atoms with Gasteiger partial charge in [0.25, 0.3) is 0 Å². The first-order valence-corrected chi connectivity index (χ1v) is 5.62. The predicted octanol–water partition coefficient (Wildman–Crippen LogP) is 2.39. The Morgan fingerprint density at radius 3 is 2.62 bits per heavy atom. The van der Waals surface area contributed by atoms with Gasteiger partial charge in [-0.3, -0.25) is 0 Å². The van der Waals surface area contributed by atoms with Crippen LogP contribution in [0.4, 0.5) is 5.82 Å². The summed E-state index contributed by atoms with van der Waals surface area (Å²) in [6, 6.07) is 8.35. The third-order valence-corrected chi connectivity index (χ3v) is 2.68. The molecule has 0 aliphatic carbocycles. The van der Waals surface area contributed by atoms with E-state index in [0.717, 1.165) is 18.9 Å². The molecule has 0 fully saturated rings. The molecule has 2 rings (SSSR count). The second kappa shape index (κ2) is 4.94. The summed E-state index contributed by atoms with van der Waals surface area (Å²) >= 11 is 0. The smallest absolute Gasteiger partial charge is 0.133 e. The second-order valence-electron chi connectivity index (χ2n) is 3.71. The first-order chi connectivity index (χ1) is 7.86. The van der Waals surface area contributed by atoms with E-state index in [2.05, 4.69) is 40.7 Å². The number of hydrogen-bond acceptors (Lipinski definition) is 3. The van der Waals surface area contributed by atoms with Crippen LogP contribution in [0.1, 0.15) is 12.5 Å². The molecular weight excluding hydrogens is 198 g/mol. The molecule has 84 valence electrons. The Morgan fingerprint density at radius 1 is 1.19 bits per heavy atom. The van der Waals surface area contributed by atoms with Gasteiger partial charge in [0.2, 0.25) is 0 Å². The number of hydrogen-bond donors (Lipinski definition) is 2. The Morgan fingerprint density at radius 2 is 1.94 bits per heavy atom. The van der Waals surface area contributed by atoms with Crippen molar-refractivity contribution in [3.63, 3.8) is 0 Å². The van der Waals surface area contributed by atoms with Gasteiger partial charge in [0.05, 0.1) is 0 Å². The molecule has 0 saturated carbocycles. The molecule has 0 bridgehead atoms. The molecule has 2 N–H and O–H groups in total. The second-order valence-corrected chi connectivity index (χ2v) is 3.71. The Labute approximate surface area is 95.9 Å². The fourth-order valence-electron chi connectivity index (χ4n) is 1.85. The van der Waals surface area contributed by atoms with Crippen LogP contribution in [0.5, 0.6) is 0 Å². The van der Waals surface area contributed by atoms with Crippen LogP contribution in [0.2, 0.25) is 0 Å². The number of nitrogens with one attached hydrogen (secondary N) is 2. The highest BCUT2D eigenvalue weighted by atomic mass is 15.0. The van der Waals surface area contributed by atoms with E-state index in [-0.39, 0.29) is 0 Å². The van der Waals surface area contributed by atoms with Crippen molar-refractivity contribution in [1.82, 2.24) is 10.3 Å². The monoisotopic (exact) mass is 215 g/mol. The number of aromatic nitrogens is 1. The molecule has 1 heterocycles.